The highest BCUT2D eigenvalue weighted by Gasteiger charge is 2.44. The third-order valence-corrected chi connectivity index (χ3v) is 9.96. The molecule has 0 saturated carbocycles. The summed E-state index contributed by atoms with van der Waals surface area (Å²) in [4.78, 5) is 31.2. The fraction of sp³-hybridized carbons (Fsp3) is 0.641. The molecule has 50 heavy (non-hydrogen) atoms. The summed E-state index contributed by atoms with van der Waals surface area (Å²) in [6.07, 6.45) is 2.55. The Balaban J connectivity index is 1.63. The lowest BCUT2D eigenvalue weighted by molar-refractivity contribution is -0.146. The van der Waals surface area contributed by atoms with Crippen LogP contribution in [0.5, 0.6) is 11.5 Å². The first-order valence-corrected chi connectivity index (χ1v) is 18.1. The van der Waals surface area contributed by atoms with E-state index in [1.54, 1.807) is 21.3 Å². The molecule has 0 aliphatic carbocycles. The van der Waals surface area contributed by atoms with Crippen LogP contribution in [0.3, 0.4) is 0 Å². The van der Waals surface area contributed by atoms with Crippen LogP contribution in [0, 0.1) is 11.3 Å². The first-order chi connectivity index (χ1) is 24.0. The van der Waals surface area contributed by atoms with E-state index in [9.17, 15) is 9.59 Å². The molecule has 0 aromatic heterocycles. The summed E-state index contributed by atoms with van der Waals surface area (Å²) in [5.41, 5.74) is 9.00. The second-order valence-electron chi connectivity index (χ2n) is 14.5. The number of methoxy groups -OCH3 is 2. The molecule has 2 amide bonds. The van der Waals surface area contributed by atoms with Crippen molar-refractivity contribution in [2.75, 3.05) is 72.2 Å². The topological polar surface area (TPSA) is 125 Å². The molecule has 278 valence electrons. The minimum absolute atomic E-state index is 0.0335. The molecule has 0 spiro atoms. The van der Waals surface area contributed by atoms with E-state index in [2.05, 4.69) is 34.5 Å². The van der Waals surface area contributed by atoms with Crippen LogP contribution in [-0.2, 0) is 30.4 Å². The number of fused-ring (bicyclic) bond motifs is 1. The van der Waals surface area contributed by atoms with Gasteiger partial charge >= 0.3 is 0 Å². The van der Waals surface area contributed by atoms with Crippen LogP contribution in [0.4, 0.5) is 5.69 Å². The van der Waals surface area contributed by atoms with Crippen molar-refractivity contribution in [3.8, 4) is 11.5 Å². The second-order valence-corrected chi connectivity index (χ2v) is 14.5. The molecule has 0 bridgehead atoms. The summed E-state index contributed by atoms with van der Waals surface area (Å²) < 4.78 is 29.2. The Bertz CT molecular complexity index is 1370. The molecule has 4 atom stereocenters. The molecule has 2 aromatic carbocycles. The Morgan fingerprint density at radius 2 is 1.76 bits per heavy atom. The monoisotopic (exact) mass is 696 g/mol. The van der Waals surface area contributed by atoms with Crippen LogP contribution in [0.2, 0.25) is 0 Å². The minimum atomic E-state index is -0.696. The number of likely N-dealkylation sites (tertiary alicyclic amines) is 1. The molecular weight excluding hydrogens is 636 g/mol. The van der Waals surface area contributed by atoms with Gasteiger partial charge in [0.1, 0.15) is 18.1 Å². The Labute approximate surface area is 299 Å². The zero-order valence-electron chi connectivity index (χ0n) is 31.2. The lowest BCUT2D eigenvalue weighted by Gasteiger charge is -2.47. The number of nitrogens with zero attached hydrogens (tertiary/aromatic N) is 2. The average molecular weight is 697 g/mol. The predicted octanol–water partition coefficient (Wildman–Crippen LogP) is 4.75. The number of carbonyl (C=O) groups is 2. The fourth-order valence-electron chi connectivity index (χ4n) is 6.97. The molecule has 2 aromatic rings. The van der Waals surface area contributed by atoms with Gasteiger partial charge in [-0.2, -0.15) is 0 Å². The second kappa shape index (κ2) is 18.7. The Kier molecular flexibility index (Phi) is 14.8. The van der Waals surface area contributed by atoms with Crippen molar-refractivity contribution >= 4 is 17.5 Å². The van der Waals surface area contributed by atoms with Crippen molar-refractivity contribution < 1.29 is 33.3 Å². The van der Waals surface area contributed by atoms with Gasteiger partial charge in [0.05, 0.1) is 37.6 Å². The van der Waals surface area contributed by atoms with Crippen LogP contribution in [0.15, 0.2) is 42.5 Å². The van der Waals surface area contributed by atoms with Crippen molar-refractivity contribution in [3.63, 3.8) is 0 Å². The van der Waals surface area contributed by atoms with E-state index >= 15 is 0 Å². The van der Waals surface area contributed by atoms with E-state index in [0.29, 0.717) is 52.4 Å². The van der Waals surface area contributed by atoms with Crippen LogP contribution in [0.25, 0.3) is 0 Å². The third-order valence-electron chi connectivity index (χ3n) is 9.96. The number of hydrogen-bond donors (Lipinski definition) is 2. The number of hydrogen-bond acceptors (Lipinski definition) is 9. The summed E-state index contributed by atoms with van der Waals surface area (Å²) in [5, 5.41) is 2.81. The van der Waals surface area contributed by atoms with E-state index in [1.807, 2.05) is 50.8 Å². The smallest absolute Gasteiger partial charge is 0.240 e. The standard InChI is InChI=1S/C39H60N4O7/c1-27(2)36(40)37(44)43-25-35(50-26-28-10-15-34-33(22-28)42(17-21-49-34)16-8-18-46-6)32(23-30(43)24-39(3,4)38(45)41-5)29-11-13-31(14-12-29)48-20-9-19-47-7/h10-15,22,27,30,32,35-36H,8-9,16-21,23-26,40H2,1-7H3,(H,41,45)/t30-,32+,35-,36-/m0/s1. The highest BCUT2D eigenvalue weighted by atomic mass is 16.5. The van der Waals surface area contributed by atoms with Crippen LogP contribution in [-0.4, -0.2) is 102 Å². The number of amides is 2. The molecule has 1 fully saturated rings. The largest absolute Gasteiger partial charge is 0.494 e. The third kappa shape index (κ3) is 10.3. The summed E-state index contributed by atoms with van der Waals surface area (Å²) in [7, 11) is 5.06. The number of ether oxygens (including phenoxy) is 5. The highest BCUT2D eigenvalue weighted by molar-refractivity contribution is 5.83. The number of anilines is 1. The molecule has 3 N–H and O–H groups in total. The summed E-state index contributed by atoms with van der Waals surface area (Å²) in [6, 6.07) is 13.5. The van der Waals surface area contributed by atoms with Gasteiger partial charge in [-0.05, 0) is 60.6 Å². The van der Waals surface area contributed by atoms with Crippen molar-refractivity contribution in [1.82, 2.24) is 10.2 Å². The summed E-state index contributed by atoms with van der Waals surface area (Å²) in [6.45, 7) is 12.8. The molecule has 0 unspecified atom stereocenters. The SMILES string of the molecule is CNC(=O)C(C)(C)C[C@@H]1C[C@H](c2ccc(OCCCOC)cc2)[C@@H](OCc2ccc3c(c2)N(CCCOC)CCO3)CN1C(=O)[C@@H](N)C(C)C. The van der Waals surface area contributed by atoms with Gasteiger partial charge in [-0.25, -0.2) is 0 Å². The predicted molar refractivity (Wildman–Crippen MR) is 196 cm³/mol. The van der Waals surface area contributed by atoms with E-state index in [-0.39, 0.29) is 35.8 Å². The van der Waals surface area contributed by atoms with Gasteiger partial charge < -0.3 is 44.5 Å². The molecule has 2 heterocycles. The normalized spacial score (nSPS) is 19.9. The average Bonchev–Trinajstić information content (AvgIpc) is 3.11. The van der Waals surface area contributed by atoms with E-state index in [0.717, 1.165) is 54.2 Å². The first-order valence-electron chi connectivity index (χ1n) is 18.1. The lowest BCUT2D eigenvalue weighted by atomic mass is 9.76. The van der Waals surface area contributed by atoms with Gasteiger partial charge in [0.25, 0.3) is 0 Å². The minimum Gasteiger partial charge on any atom is -0.494 e. The van der Waals surface area contributed by atoms with E-state index in [1.165, 1.54) is 0 Å². The molecule has 11 heteroatoms. The van der Waals surface area contributed by atoms with E-state index in [4.69, 9.17) is 29.4 Å². The molecule has 4 rings (SSSR count). The number of carbonyl (C=O) groups excluding carboxylic acids is 2. The maximum atomic E-state index is 14.0. The number of piperidine rings is 1. The Morgan fingerprint density at radius 1 is 1.04 bits per heavy atom. The number of nitrogens with one attached hydrogen (secondary N) is 1. The first kappa shape index (κ1) is 39.4. The van der Waals surface area contributed by atoms with Gasteiger partial charge in [-0.15, -0.1) is 0 Å². The van der Waals surface area contributed by atoms with Gasteiger partial charge in [0.15, 0.2) is 0 Å². The maximum Gasteiger partial charge on any atom is 0.240 e. The van der Waals surface area contributed by atoms with Crippen LogP contribution >= 0.6 is 0 Å². The Hall–Kier alpha value is -3.38. The van der Waals surface area contributed by atoms with Crippen LogP contribution in [0.1, 0.15) is 70.4 Å². The molecule has 2 aliphatic rings. The number of benzene rings is 2. The number of rotatable bonds is 18. The van der Waals surface area contributed by atoms with Crippen molar-refractivity contribution in [1.29, 1.82) is 0 Å². The van der Waals surface area contributed by atoms with Crippen molar-refractivity contribution in [2.24, 2.45) is 17.1 Å². The van der Waals surface area contributed by atoms with Crippen molar-refractivity contribution in [3.05, 3.63) is 53.6 Å². The Morgan fingerprint density at radius 3 is 2.44 bits per heavy atom. The number of nitrogens with two attached hydrogens (primary N) is 1. The molecule has 2 aliphatic heterocycles. The molecule has 1 saturated heterocycles. The van der Waals surface area contributed by atoms with Gasteiger partial charge in [0.2, 0.25) is 11.8 Å². The van der Waals surface area contributed by atoms with Crippen LogP contribution < -0.4 is 25.4 Å². The summed E-state index contributed by atoms with van der Waals surface area (Å²) in [5.74, 6) is 1.43. The zero-order valence-corrected chi connectivity index (χ0v) is 31.2. The van der Waals surface area contributed by atoms with E-state index < -0.39 is 11.5 Å². The lowest BCUT2D eigenvalue weighted by Crippen LogP contribution is -2.58. The fourth-order valence-corrected chi connectivity index (χ4v) is 6.97. The van der Waals surface area contributed by atoms with Crippen molar-refractivity contribution in [2.45, 2.75) is 84.1 Å². The summed E-state index contributed by atoms with van der Waals surface area (Å²) >= 11 is 0. The quantitative estimate of drug-likeness (QED) is 0.213. The van der Waals surface area contributed by atoms with Gasteiger partial charge in [0, 0.05) is 71.4 Å². The maximum absolute atomic E-state index is 14.0. The van der Waals surface area contributed by atoms with Gasteiger partial charge in [-0.3, -0.25) is 9.59 Å². The zero-order chi connectivity index (χ0) is 36.3. The highest BCUT2D eigenvalue weighted by Crippen LogP contribution is 2.40. The molecular formula is C39H60N4O7. The van der Waals surface area contributed by atoms with Gasteiger partial charge in [-0.1, -0.05) is 45.9 Å². The molecule has 11 nitrogen and oxygen atoms in total. The molecule has 0 radical (unpaired) electrons.